The van der Waals surface area contributed by atoms with Crippen LogP contribution in [-0.2, 0) is 17.6 Å². The van der Waals surface area contributed by atoms with E-state index in [-0.39, 0.29) is 5.91 Å². The van der Waals surface area contributed by atoms with Crippen molar-refractivity contribution >= 4 is 11.6 Å². The minimum Gasteiger partial charge on any atom is -0.378 e. The van der Waals surface area contributed by atoms with E-state index in [0.717, 1.165) is 24.1 Å². The summed E-state index contributed by atoms with van der Waals surface area (Å²) in [5, 5.41) is 2.97. The number of aryl methyl sites for hydroxylation is 2. The summed E-state index contributed by atoms with van der Waals surface area (Å²) in [4.78, 5) is 18.2. The summed E-state index contributed by atoms with van der Waals surface area (Å²) in [5.74, 6) is 0.0543. The van der Waals surface area contributed by atoms with E-state index in [1.807, 2.05) is 33.2 Å². The summed E-state index contributed by atoms with van der Waals surface area (Å²) in [6.07, 6.45) is 4.07. The highest BCUT2D eigenvalue weighted by Gasteiger charge is 2.03. The number of pyridine rings is 1. The van der Waals surface area contributed by atoms with E-state index in [2.05, 4.69) is 39.5 Å². The lowest BCUT2D eigenvalue weighted by Crippen LogP contribution is -2.26. The molecule has 1 N–H and O–H groups in total. The highest BCUT2D eigenvalue weighted by Crippen LogP contribution is 2.13. The SMILES string of the molecule is Cc1ccc(CC(=O)NCCCc2ccc(N(C)C)cc2)cn1. The lowest BCUT2D eigenvalue weighted by Gasteiger charge is -2.12. The summed E-state index contributed by atoms with van der Waals surface area (Å²) in [6, 6.07) is 12.4. The van der Waals surface area contributed by atoms with Crippen LogP contribution >= 0.6 is 0 Å². The number of hydrogen-bond acceptors (Lipinski definition) is 3. The third-order valence-electron chi connectivity index (χ3n) is 3.75. The molecule has 0 aliphatic heterocycles. The zero-order valence-corrected chi connectivity index (χ0v) is 14.2. The zero-order valence-electron chi connectivity index (χ0n) is 14.2. The van der Waals surface area contributed by atoms with Crippen LogP contribution in [0.5, 0.6) is 0 Å². The largest absolute Gasteiger partial charge is 0.378 e. The van der Waals surface area contributed by atoms with Crippen LogP contribution in [0, 0.1) is 6.92 Å². The number of aromatic nitrogens is 1. The van der Waals surface area contributed by atoms with Crippen LogP contribution in [0.4, 0.5) is 5.69 Å². The van der Waals surface area contributed by atoms with E-state index in [9.17, 15) is 4.79 Å². The van der Waals surface area contributed by atoms with Crippen LogP contribution in [0.2, 0.25) is 0 Å². The molecule has 0 fully saturated rings. The molecule has 0 spiro atoms. The van der Waals surface area contributed by atoms with Gasteiger partial charge in [-0.3, -0.25) is 9.78 Å². The highest BCUT2D eigenvalue weighted by molar-refractivity contribution is 5.78. The fourth-order valence-corrected chi connectivity index (χ4v) is 2.33. The van der Waals surface area contributed by atoms with Crippen molar-refractivity contribution in [3.63, 3.8) is 0 Å². The molecule has 0 atom stereocenters. The average molecular weight is 311 g/mol. The summed E-state index contributed by atoms with van der Waals surface area (Å²) in [5.41, 5.74) is 4.42. The molecule has 0 bridgehead atoms. The number of anilines is 1. The molecule has 0 unspecified atom stereocenters. The third-order valence-corrected chi connectivity index (χ3v) is 3.75. The molecule has 2 rings (SSSR count). The van der Waals surface area contributed by atoms with Gasteiger partial charge >= 0.3 is 0 Å². The fraction of sp³-hybridized carbons (Fsp3) is 0.368. The van der Waals surface area contributed by atoms with E-state index in [4.69, 9.17) is 0 Å². The number of benzene rings is 1. The van der Waals surface area contributed by atoms with Crippen molar-refractivity contribution in [1.82, 2.24) is 10.3 Å². The predicted octanol–water partition coefficient (Wildman–Crippen LogP) is 2.75. The van der Waals surface area contributed by atoms with Crippen LogP contribution in [-0.4, -0.2) is 31.5 Å². The highest BCUT2D eigenvalue weighted by atomic mass is 16.1. The maximum Gasteiger partial charge on any atom is 0.224 e. The number of carbonyl (C=O) groups excluding carboxylic acids is 1. The smallest absolute Gasteiger partial charge is 0.224 e. The molecule has 23 heavy (non-hydrogen) atoms. The molecule has 0 saturated heterocycles. The first kappa shape index (κ1) is 17.0. The summed E-state index contributed by atoms with van der Waals surface area (Å²) < 4.78 is 0. The molecule has 1 aromatic carbocycles. The number of hydrogen-bond donors (Lipinski definition) is 1. The van der Waals surface area contributed by atoms with E-state index in [0.29, 0.717) is 13.0 Å². The Morgan fingerprint density at radius 3 is 2.39 bits per heavy atom. The van der Waals surface area contributed by atoms with Crippen molar-refractivity contribution in [1.29, 1.82) is 0 Å². The Morgan fingerprint density at radius 1 is 1.09 bits per heavy atom. The van der Waals surface area contributed by atoms with Crippen molar-refractivity contribution in [3.8, 4) is 0 Å². The Bertz CT molecular complexity index is 618. The van der Waals surface area contributed by atoms with Crippen LogP contribution in [0.15, 0.2) is 42.6 Å². The number of amides is 1. The molecule has 0 saturated carbocycles. The van der Waals surface area contributed by atoms with Crippen LogP contribution in [0.1, 0.15) is 23.2 Å². The van der Waals surface area contributed by atoms with Crippen LogP contribution in [0.3, 0.4) is 0 Å². The Labute approximate surface area is 138 Å². The van der Waals surface area contributed by atoms with Crippen molar-refractivity contribution in [3.05, 3.63) is 59.4 Å². The molecule has 122 valence electrons. The number of nitrogens with one attached hydrogen (secondary N) is 1. The van der Waals surface area contributed by atoms with E-state index >= 15 is 0 Å². The van der Waals surface area contributed by atoms with Gasteiger partial charge in [-0.1, -0.05) is 18.2 Å². The van der Waals surface area contributed by atoms with Gasteiger partial charge in [0.15, 0.2) is 0 Å². The number of rotatable bonds is 7. The van der Waals surface area contributed by atoms with Gasteiger partial charge in [-0.05, 0) is 49.1 Å². The first-order chi connectivity index (χ1) is 11.0. The molecule has 0 aliphatic rings. The first-order valence-corrected chi connectivity index (χ1v) is 7.99. The molecule has 0 radical (unpaired) electrons. The summed E-state index contributed by atoms with van der Waals surface area (Å²) in [7, 11) is 4.07. The molecule has 4 heteroatoms. The van der Waals surface area contributed by atoms with Gasteiger partial charge in [0.25, 0.3) is 0 Å². The molecule has 1 heterocycles. The van der Waals surface area contributed by atoms with Gasteiger partial charge in [-0.25, -0.2) is 0 Å². The van der Waals surface area contributed by atoms with Crippen molar-refractivity contribution in [2.75, 3.05) is 25.5 Å². The Balaban J connectivity index is 1.68. The zero-order chi connectivity index (χ0) is 16.7. The maximum absolute atomic E-state index is 11.9. The number of nitrogens with zero attached hydrogens (tertiary/aromatic N) is 2. The number of carbonyl (C=O) groups is 1. The van der Waals surface area contributed by atoms with Gasteiger partial charge in [-0.2, -0.15) is 0 Å². The molecular weight excluding hydrogens is 286 g/mol. The van der Waals surface area contributed by atoms with Gasteiger partial charge in [0.05, 0.1) is 6.42 Å². The Morgan fingerprint density at radius 2 is 1.78 bits per heavy atom. The second-order valence-corrected chi connectivity index (χ2v) is 6.00. The van der Waals surface area contributed by atoms with Crippen molar-refractivity contribution < 1.29 is 4.79 Å². The standard InChI is InChI=1S/C19H25N3O/c1-15-6-7-17(14-21-15)13-19(23)20-12-4-5-16-8-10-18(11-9-16)22(2)3/h6-11,14H,4-5,12-13H2,1-3H3,(H,20,23). The molecule has 2 aromatic rings. The molecule has 1 amide bonds. The van der Waals surface area contributed by atoms with Crippen LogP contribution < -0.4 is 10.2 Å². The lowest BCUT2D eigenvalue weighted by molar-refractivity contribution is -0.120. The van der Waals surface area contributed by atoms with E-state index < -0.39 is 0 Å². The van der Waals surface area contributed by atoms with Crippen molar-refractivity contribution in [2.45, 2.75) is 26.2 Å². The predicted molar refractivity (Wildman–Crippen MR) is 94.8 cm³/mol. The second kappa shape index (κ2) is 8.32. The van der Waals surface area contributed by atoms with E-state index in [1.165, 1.54) is 11.3 Å². The van der Waals surface area contributed by atoms with Gasteiger partial charge in [-0.15, -0.1) is 0 Å². The molecule has 0 aliphatic carbocycles. The minimum absolute atomic E-state index is 0.0543. The van der Waals surface area contributed by atoms with Gasteiger partial charge in [0.2, 0.25) is 5.91 Å². The van der Waals surface area contributed by atoms with Gasteiger partial charge in [0.1, 0.15) is 0 Å². The van der Waals surface area contributed by atoms with Crippen LogP contribution in [0.25, 0.3) is 0 Å². The van der Waals surface area contributed by atoms with E-state index in [1.54, 1.807) is 6.20 Å². The second-order valence-electron chi connectivity index (χ2n) is 6.00. The molecule has 1 aromatic heterocycles. The molecule has 4 nitrogen and oxygen atoms in total. The monoisotopic (exact) mass is 311 g/mol. The topological polar surface area (TPSA) is 45.2 Å². The first-order valence-electron chi connectivity index (χ1n) is 7.99. The van der Waals surface area contributed by atoms with Crippen molar-refractivity contribution in [2.24, 2.45) is 0 Å². The minimum atomic E-state index is 0.0543. The molecular formula is C19H25N3O. The summed E-state index contributed by atoms with van der Waals surface area (Å²) in [6.45, 7) is 2.64. The summed E-state index contributed by atoms with van der Waals surface area (Å²) >= 11 is 0. The Kier molecular flexibility index (Phi) is 6.15. The lowest BCUT2D eigenvalue weighted by atomic mass is 10.1. The third kappa shape index (κ3) is 5.74. The average Bonchev–Trinajstić information content (AvgIpc) is 2.54. The normalized spacial score (nSPS) is 10.4. The Hall–Kier alpha value is -2.36. The van der Waals surface area contributed by atoms with Gasteiger partial charge < -0.3 is 10.2 Å². The maximum atomic E-state index is 11.9. The quantitative estimate of drug-likeness (QED) is 0.800. The fourth-order valence-electron chi connectivity index (χ4n) is 2.33. The van der Waals surface area contributed by atoms with Gasteiger partial charge in [0, 0.05) is 38.2 Å².